The number of nitrogens with two attached hydrogens (primary N) is 1. The van der Waals surface area contributed by atoms with Gasteiger partial charge in [-0.25, -0.2) is 22.0 Å². The van der Waals surface area contributed by atoms with Gasteiger partial charge >= 0.3 is 0 Å². The van der Waals surface area contributed by atoms with Crippen molar-refractivity contribution in [3.05, 3.63) is 60.2 Å². The molecule has 0 bridgehead atoms. The second-order valence-corrected chi connectivity index (χ2v) is 8.10. The summed E-state index contributed by atoms with van der Waals surface area (Å²) < 4.78 is 48.7. The molecule has 0 aromatic heterocycles. The molecule has 0 unspecified atom stereocenters. The number of benzene rings is 2. The zero-order valence-corrected chi connectivity index (χ0v) is 13.9. The van der Waals surface area contributed by atoms with Crippen LogP contribution in [0.1, 0.15) is 5.56 Å². The lowest BCUT2D eigenvalue weighted by Gasteiger charge is -2.18. The number of nitrogens with zero attached hydrogens (tertiary/aromatic N) is 1. The maximum absolute atomic E-state index is 12.5. The van der Waals surface area contributed by atoms with Gasteiger partial charge in [0.1, 0.15) is 9.79 Å². The minimum absolute atomic E-state index is 0.0219. The van der Waals surface area contributed by atoms with Gasteiger partial charge in [0, 0.05) is 7.05 Å². The Kier molecular flexibility index (Phi) is 5.17. The second kappa shape index (κ2) is 6.77. The van der Waals surface area contributed by atoms with Gasteiger partial charge in [0.15, 0.2) is 0 Å². The van der Waals surface area contributed by atoms with Gasteiger partial charge in [0.2, 0.25) is 10.0 Å². The third-order valence-electron chi connectivity index (χ3n) is 3.03. The predicted molar refractivity (Wildman–Crippen MR) is 84.0 cm³/mol. The van der Waals surface area contributed by atoms with Crippen molar-refractivity contribution in [3.8, 4) is 0 Å². The van der Waals surface area contributed by atoms with Crippen LogP contribution in [0.3, 0.4) is 0 Å². The normalized spacial score (nSPS) is 12.5. The van der Waals surface area contributed by atoms with E-state index in [0.29, 0.717) is 4.47 Å². The first-order valence-electron chi connectivity index (χ1n) is 6.50. The van der Waals surface area contributed by atoms with E-state index in [1.165, 1.54) is 19.2 Å². The summed E-state index contributed by atoms with van der Waals surface area (Å²) in [5, 5.41) is 5.07. The van der Waals surface area contributed by atoms with Gasteiger partial charge in [-0.1, -0.05) is 46.9 Å². The van der Waals surface area contributed by atoms with Crippen LogP contribution in [-0.2, 0) is 31.5 Å². The van der Waals surface area contributed by atoms with Crippen LogP contribution >= 0.6 is 0 Å². The first kappa shape index (κ1) is 17.6. The Morgan fingerprint density at radius 2 is 1.43 bits per heavy atom. The maximum atomic E-state index is 12.5. The Morgan fingerprint density at radius 3 is 2.00 bits per heavy atom. The molecule has 0 saturated heterocycles. The Bertz CT molecular complexity index is 880. The van der Waals surface area contributed by atoms with Crippen molar-refractivity contribution in [2.45, 2.75) is 16.4 Å². The van der Waals surface area contributed by atoms with E-state index in [2.05, 4.69) is 0 Å². The summed E-state index contributed by atoms with van der Waals surface area (Å²) in [7, 11) is -7.16. The minimum atomic E-state index is -4.18. The molecule has 2 aromatic carbocycles. The zero-order chi connectivity index (χ0) is 17.1. The molecule has 23 heavy (non-hydrogen) atoms. The lowest BCUT2D eigenvalue weighted by molar-refractivity contribution is -0.0771. The zero-order valence-electron chi connectivity index (χ0n) is 12.3. The van der Waals surface area contributed by atoms with Crippen molar-refractivity contribution in [3.63, 3.8) is 0 Å². The van der Waals surface area contributed by atoms with E-state index in [1.807, 2.05) is 6.07 Å². The number of primary sulfonamides is 1. The largest absolute Gasteiger partial charge is 0.279 e. The minimum Gasteiger partial charge on any atom is -0.279 e. The molecule has 0 amide bonds. The average molecular weight is 356 g/mol. The van der Waals surface area contributed by atoms with E-state index in [1.54, 1.807) is 24.3 Å². The molecule has 0 atom stereocenters. The standard InChI is InChI=1S/C14H16N2O5S2/c1-16(21-11-12-7-3-2-4-8-12)23(19,20)14-10-6-5-9-13(14)22(15,17)18/h2-10H,11H2,1H3,(H2,15,17,18). The fraction of sp³-hybridized carbons (Fsp3) is 0.143. The fourth-order valence-electron chi connectivity index (χ4n) is 1.85. The SMILES string of the molecule is CN(OCc1ccccc1)S(=O)(=O)c1ccccc1S(N)(=O)=O. The van der Waals surface area contributed by atoms with Gasteiger partial charge in [-0.05, 0) is 17.7 Å². The Balaban J connectivity index is 2.28. The maximum Gasteiger partial charge on any atom is 0.266 e. The van der Waals surface area contributed by atoms with E-state index in [9.17, 15) is 16.8 Å². The fourth-order valence-corrected chi connectivity index (χ4v) is 4.17. The highest BCUT2D eigenvalue weighted by atomic mass is 32.2. The van der Waals surface area contributed by atoms with Crippen LogP contribution in [0, 0.1) is 0 Å². The summed E-state index contributed by atoms with van der Waals surface area (Å²) in [6.07, 6.45) is 0. The van der Waals surface area contributed by atoms with Crippen molar-refractivity contribution in [1.29, 1.82) is 0 Å². The van der Waals surface area contributed by atoms with Gasteiger partial charge in [0.25, 0.3) is 10.0 Å². The Morgan fingerprint density at radius 1 is 0.913 bits per heavy atom. The predicted octanol–water partition coefficient (Wildman–Crippen LogP) is 1.09. The van der Waals surface area contributed by atoms with Crippen LogP contribution in [0.15, 0.2) is 64.4 Å². The van der Waals surface area contributed by atoms with E-state index < -0.39 is 29.8 Å². The van der Waals surface area contributed by atoms with Crippen LogP contribution < -0.4 is 5.14 Å². The van der Waals surface area contributed by atoms with Gasteiger partial charge in [0.05, 0.1) is 6.61 Å². The molecule has 2 N–H and O–H groups in total. The first-order valence-corrected chi connectivity index (χ1v) is 9.49. The monoisotopic (exact) mass is 356 g/mol. The number of sulfonamides is 2. The molecule has 0 aliphatic rings. The van der Waals surface area contributed by atoms with Crippen molar-refractivity contribution in [2.24, 2.45) is 5.14 Å². The van der Waals surface area contributed by atoms with Gasteiger partial charge in [-0.2, -0.15) is 0 Å². The highest BCUT2D eigenvalue weighted by Crippen LogP contribution is 2.23. The molecule has 2 aromatic rings. The smallest absolute Gasteiger partial charge is 0.266 e. The summed E-state index contributed by atoms with van der Waals surface area (Å²) in [6.45, 7) is 0.0219. The molecule has 0 saturated carbocycles. The molecular formula is C14H16N2O5S2. The first-order chi connectivity index (χ1) is 10.7. The summed E-state index contributed by atoms with van der Waals surface area (Å²) in [5.41, 5.74) is 0.772. The Labute approximate surface area is 135 Å². The van der Waals surface area contributed by atoms with E-state index in [4.69, 9.17) is 9.98 Å². The second-order valence-electron chi connectivity index (χ2n) is 4.67. The van der Waals surface area contributed by atoms with Crippen LogP contribution in [0.4, 0.5) is 0 Å². The van der Waals surface area contributed by atoms with Crippen LogP contribution in [0.5, 0.6) is 0 Å². The molecule has 0 spiro atoms. The van der Waals surface area contributed by atoms with E-state index in [0.717, 1.165) is 17.7 Å². The third-order valence-corrected chi connectivity index (χ3v) is 5.82. The van der Waals surface area contributed by atoms with Gasteiger partial charge in [-0.15, -0.1) is 0 Å². The van der Waals surface area contributed by atoms with E-state index >= 15 is 0 Å². The molecular weight excluding hydrogens is 340 g/mol. The Hall–Kier alpha value is -1.78. The van der Waals surface area contributed by atoms with Crippen molar-refractivity contribution < 1.29 is 21.7 Å². The average Bonchev–Trinajstić information content (AvgIpc) is 2.52. The van der Waals surface area contributed by atoms with Gasteiger partial charge < -0.3 is 0 Å². The lowest BCUT2D eigenvalue weighted by Crippen LogP contribution is -2.29. The number of hydroxylamine groups is 1. The molecule has 9 heteroatoms. The summed E-state index contributed by atoms with van der Waals surface area (Å²) in [6, 6.07) is 14.1. The van der Waals surface area contributed by atoms with Crippen molar-refractivity contribution >= 4 is 20.0 Å². The van der Waals surface area contributed by atoms with E-state index in [-0.39, 0.29) is 6.61 Å². The highest BCUT2D eigenvalue weighted by Gasteiger charge is 2.28. The molecule has 7 nitrogen and oxygen atoms in total. The highest BCUT2D eigenvalue weighted by molar-refractivity contribution is 7.92. The summed E-state index contributed by atoms with van der Waals surface area (Å²) >= 11 is 0. The van der Waals surface area contributed by atoms with Crippen molar-refractivity contribution in [1.82, 2.24) is 4.47 Å². The van der Waals surface area contributed by atoms with Crippen molar-refractivity contribution in [2.75, 3.05) is 7.05 Å². The number of hydrogen-bond donors (Lipinski definition) is 1. The summed E-state index contributed by atoms with van der Waals surface area (Å²) in [5.74, 6) is 0. The molecule has 124 valence electrons. The van der Waals surface area contributed by atoms with Crippen LogP contribution in [-0.4, -0.2) is 28.4 Å². The van der Waals surface area contributed by atoms with Crippen LogP contribution in [0.25, 0.3) is 0 Å². The molecule has 0 aliphatic heterocycles. The van der Waals surface area contributed by atoms with Crippen LogP contribution in [0.2, 0.25) is 0 Å². The quantitative estimate of drug-likeness (QED) is 0.780. The molecule has 2 rings (SSSR count). The number of rotatable bonds is 6. The summed E-state index contributed by atoms with van der Waals surface area (Å²) in [4.78, 5) is 4.32. The van der Waals surface area contributed by atoms with Gasteiger partial charge in [-0.3, -0.25) is 4.84 Å². The molecule has 0 fully saturated rings. The molecule has 0 aliphatic carbocycles. The third kappa shape index (κ3) is 4.15. The topological polar surface area (TPSA) is 107 Å². The molecule has 0 heterocycles. The lowest BCUT2D eigenvalue weighted by atomic mass is 10.2. The number of hydrogen-bond acceptors (Lipinski definition) is 5. The molecule has 0 radical (unpaired) electrons.